The molecule has 1 saturated carbocycles. The standard InChI is InChI=1S/C21H26FNO3/c22-15-3-4-19-16(12-15)21(7-11-26-19)13-17(21)20(24)23-8-5-14(6-9-23)18-2-1-10-25-18/h3-4,12,14,17-18H,1-2,5-11,13H2/t17-,18-,21-/m1/s1. The van der Waals surface area contributed by atoms with E-state index in [1.165, 1.54) is 18.9 Å². The van der Waals surface area contributed by atoms with Crippen LogP contribution in [-0.4, -0.2) is 43.2 Å². The Kier molecular flexibility index (Phi) is 3.96. The van der Waals surface area contributed by atoms with E-state index in [-0.39, 0.29) is 23.1 Å². The molecular formula is C21H26FNO3. The molecule has 1 spiro atoms. The van der Waals surface area contributed by atoms with E-state index in [0.29, 0.717) is 18.6 Å². The summed E-state index contributed by atoms with van der Waals surface area (Å²) in [6.07, 6.45) is 6.49. The van der Waals surface area contributed by atoms with Crippen LogP contribution in [0.15, 0.2) is 18.2 Å². The van der Waals surface area contributed by atoms with Gasteiger partial charge in [-0.15, -0.1) is 0 Å². The van der Waals surface area contributed by atoms with E-state index in [1.54, 1.807) is 12.1 Å². The second-order valence-corrected chi connectivity index (χ2v) is 8.37. The summed E-state index contributed by atoms with van der Waals surface area (Å²) >= 11 is 0. The van der Waals surface area contributed by atoms with Crippen molar-refractivity contribution in [2.75, 3.05) is 26.3 Å². The molecule has 26 heavy (non-hydrogen) atoms. The zero-order valence-corrected chi connectivity index (χ0v) is 15.1. The number of fused-ring (bicyclic) bond motifs is 2. The van der Waals surface area contributed by atoms with Crippen LogP contribution in [0.4, 0.5) is 4.39 Å². The van der Waals surface area contributed by atoms with Crippen molar-refractivity contribution in [3.8, 4) is 5.75 Å². The molecule has 1 aromatic carbocycles. The first kappa shape index (κ1) is 16.5. The van der Waals surface area contributed by atoms with E-state index < -0.39 is 0 Å². The number of hydrogen-bond acceptors (Lipinski definition) is 3. The Labute approximate surface area is 153 Å². The second kappa shape index (κ2) is 6.22. The van der Waals surface area contributed by atoms with Gasteiger partial charge in [0.25, 0.3) is 0 Å². The SMILES string of the molecule is O=C([C@H]1C[C@@]12CCOc1ccc(F)cc12)N1CCC([C@H]2CCCO2)CC1. The molecule has 1 aliphatic carbocycles. The van der Waals surface area contributed by atoms with Gasteiger partial charge in [-0.3, -0.25) is 4.79 Å². The van der Waals surface area contributed by atoms with E-state index in [0.717, 1.165) is 56.7 Å². The Morgan fingerprint density at radius 2 is 2.04 bits per heavy atom. The number of halogens is 1. The summed E-state index contributed by atoms with van der Waals surface area (Å²) in [4.78, 5) is 15.2. The summed E-state index contributed by atoms with van der Waals surface area (Å²) in [6, 6.07) is 4.72. The molecule has 3 atom stereocenters. The van der Waals surface area contributed by atoms with Crippen molar-refractivity contribution in [3.63, 3.8) is 0 Å². The molecular weight excluding hydrogens is 333 g/mol. The maximum Gasteiger partial charge on any atom is 0.226 e. The van der Waals surface area contributed by atoms with Gasteiger partial charge in [-0.2, -0.15) is 0 Å². The summed E-state index contributed by atoms with van der Waals surface area (Å²) in [5, 5.41) is 0. The highest BCUT2D eigenvalue weighted by atomic mass is 19.1. The number of rotatable bonds is 2. The van der Waals surface area contributed by atoms with Crippen molar-refractivity contribution in [2.45, 2.75) is 50.0 Å². The lowest BCUT2D eigenvalue weighted by Gasteiger charge is -2.35. The molecule has 2 saturated heterocycles. The molecule has 0 N–H and O–H groups in total. The summed E-state index contributed by atoms with van der Waals surface area (Å²) in [7, 11) is 0. The zero-order chi connectivity index (χ0) is 17.7. The van der Waals surface area contributed by atoms with Crippen molar-refractivity contribution >= 4 is 5.91 Å². The number of hydrogen-bond donors (Lipinski definition) is 0. The largest absolute Gasteiger partial charge is 0.493 e. The van der Waals surface area contributed by atoms with Gasteiger partial charge in [0.15, 0.2) is 0 Å². The lowest BCUT2D eigenvalue weighted by molar-refractivity contribution is -0.135. The maximum absolute atomic E-state index is 13.8. The Morgan fingerprint density at radius 3 is 2.81 bits per heavy atom. The molecule has 0 bridgehead atoms. The molecule has 4 nitrogen and oxygen atoms in total. The molecule has 3 fully saturated rings. The molecule has 0 aromatic heterocycles. The fourth-order valence-electron chi connectivity index (χ4n) is 5.38. The molecule has 140 valence electrons. The van der Waals surface area contributed by atoms with Crippen LogP contribution in [0.2, 0.25) is 0 Å². The van der Waals surface area contributed by atoms with Gasteiger partial charge in [-0.1, -0.05) is 0 Å². The van der Waals surface area contributed by atoms with Gasteiger partial charge in [0.1, 0.15) is 11.6 Å². The normalized spacial score (nSPS) is 33.8. The van der Waals surface area contributed by atoms with Gasteiger partial charge < -0.3 is 14.4 Å². The molecule has 4 aliphatic rings. The topological polar surface area (TPSA) is 38.8 Å². The van der Waals surface area contributed by atoms with Gasteiger partial charge in [-0.05, 0) is 62.6 Å². The van der Waals surface area contributed by atoms with E-state index in [4.69, 9.17) is 9.47 Å². The lowest BCUT2D eigenvalue weighted by Crippen LogP contribution is -2.43. The maximum atomic E-state index is 13.8. The van der Waals surface area contributed by atoms with Crippen LogP contribution >= 0.6 is 0 Å². The predicted octanol–water partition coefficient (Wildman–Crippen LogP) is 3.28. The van der Waals surface area contributed by atoms with Gasteiger partial charge >= 0.3 is 0 Å². The van der Waals surface area contributed by atoms with Crippen molar-refractivity contribution in [2.24, 2.45) is 11.8 Å². The van der Waals surface area contributed by atoms with E-state index >= 15 is 0 Å². The van der Waals surface area contributed by atoms with Crippen LogP contribution in [0.1, 0.15) is 44.1 Å². The first-order chi connectivity index (χ1) is 12.7. The fourth-order valence-corrected chi connectivity index (χ4v) is 5.38. The van der Waals surface area contributed by atoms with Crippen LogP contribution in [0.5, 0.6) is 5.75 Å². The highest BCUT2D eigenvalue weighted by Gasteiger charge is 2.62. The van der Waals surface area contributed by atoms with E-state index in [2.05, 4.69) is 0 Å². The fraction of sp³-hybridized carbons (Fsp3) is 0.667. The van der Waals surface area contributed by atoms with Crippen molar-refractivity contribution < 1.29 is 18.7 Å². The minimum atomic E-state index is -0.246. The highest BCUT2D eigenvalue weighted by molar-refractivity contribution is 5.85. The molecule has 0 radical (unpaired) electrons. The molecule has 1 amide bonds. The third-order valence-corrected chi connectivity index (χ3v) is 7.00. The smallest absolute Gasteiger partial charge is 0.226 e. The monoisotopic (exact) mass is 359 g/mol. The third kappa shape index (κ3) is 2.63. The van der Waals surface area contributed by atoms with Crippen LogP contribution in [0.25, 0.3) is 0 Å². The first-order valence-electron chi connectivity index (χ1n) is 10.0. The molecule has 0 unspecified atom stereocenters. The van der Waals surface area contributed by atoms with Gasteiger partial charge in [0, 0.05) is 36.6 Å². The summed E-state index contributed by atoms with van der Waals surface area (Å²) < 4.78 is 25.3. The van der Waals surface area contributed by atoms with E-state index in [9.17, 15) is 9.18 Å². The quantitative estimate of drug-likeness (QED) is 0.813. The van der Waals surface area contributed by atoms with Gasteiger partial charge in [0.05, 0.1) is 12.7 Å². The number of likely N-dealkylation sites (tertiary alicyclic amines) is 1. The van der Waals surface area contributed by atoms with Gasteiger partial charge in [0.2, 0.25) is 5.91 Å². The minimum absolute atomic E-state index is 0.00812. The highest BCUT2D eigenvalue weighted by Crippen LogP contribution is 2.61. The molecule has 1 aromatic rings. The second-order valence-electron chi connectivity index (χ2n) is 8.37. The number of benzene rings is 1. The molecule has 3 aliphatic heterocycles. The molecule has 3 heterocycles. The number of carbonyl (C=O) groups excluding carboxylic acids is 1. The van der Waals surface area contributed by atoms with Gasteiger partial charge in [-0.25, -0.2) is 4.39 Å². The van der Waals surface area contributed by atoms with Crippen molar-refractivity contribution in [3.05, 3.63) is 29.6 Å². The third-order valence-electron chi connectivity index (χ3n) is 7.00. The lowest BCUT2D eigenvalue weighted by atomic mass is 9.86. The first-order valence-corrected chi connectivity index (χ1v) is 10.0. The number of piperidine rings is 1. The average Bonchev–Trinajstić information content (AvgIpc) is 3.12. The summed E-state index contributed by atoms with van der Waals surface area (Å²) in [6.45, 7) is 3.18. The number of amides is 1. The number of ether oxygens (including phenoxy) is 2. The Hall–Kier alpha value is -1.62. The zero-order valence-electron chi connectivity index (χ0n) is 15.1. The number of carbonyl (C=O) groups is 1. The number of nitrogens with zero attached hydrogens (tertiary/aromatic N) is 1. The van der Waals surface area contributed by atoms with Crippen LogP contribution in [0, 0.1) is 17.7 Å². The average molecular weight is 359 g/mol. The van der Waals surface area contributed by atoms with E-state index in [1.807, 2.05) is 4.90 Å². The van der Waals surface area contributed by atoms with Crippen LogP contribution in [-0.2, 0) is 14.9 Å². The molecule has 5 heteroatoms. The van der Waals surface area contributed by atoms with Crippen molar-refractivity contribution in [1.29, 1.82) is 0 Å². The van der Waals surface area contributed by atoms with Crippen molar-refractivity contribution in [1.82, 2.24) is 4.90 Å². The Bertz CT molecular complexity index is 709. The summed E-state index contributed by atoms with van der Waals surface area (Å²) in [5.41, 5.74) is 0.703. The Morgan fingerprint density at radius 1 is 1.19 bits per heavy atom. The van der Waals surface area contributed by atoms with Crippen LogP contribution < -0.4 is 4.74 Å². The Balaban J connectivity index is 1.27. The predicted molar refractivity (Wildman–Crippen MR) is 94.6 cm³/mol. The van der Waals surface area contributed by atoms with Crippen LogP contribution in [0.3, 0.4) is 0 Å². The minimum Gasteiger partial charge on any atom is -0.493 e. The molecule has 5 rings (SSSR count). The summed E-state index contributed by atoms with van der Waals surface area (Å²) in [5.74, 6) is 1.36.